The lowest BCUT2D eigenvalue weighted by molar-refractivity contribution is -0.385. The number of nitrogens with zero attached hydrogens (tertiary/aromatic N) is 2. The highest BCUT2D eigenvalue weighted by Gasteiger charge is 2.37. The number of carbonyl (C=O) groups excluding carboxylic acids is 1. The lowest BCUT2D eigenvalue weighted by atomic mass is 10.0. The number of hydrogen-bond acceptors (Lipinski definition) is 4. The highest BCUT2D eigenvalue weighted by atomic mass is 19.1. The highest BCUT2D eigenvalue weighted by molar-refractivity contribution is 5.95. The van der Waals surface area contributed by atoms with Gasteiger partial charge in [0, 0.05) is 19.2 Å². The van der Waals surface area contributed by atoms with E-state index in [1.54, 1.807) is 4.90 Å². The van der Waals surface area contributed by atoms with Crippen LogP contribution in [0, 0.1) is 15.9 Å². The molecular formula is C15H17FN2O4. The van der Waals surface area contributed by atoms with Crippen LogP contribution in [0.5, 0.6) is 0 Å². The molecule has 1 amide bonds. The maximum Gasteiger partial charge on any atom is 0.272 e. The Bertz CT molecular complexity index is 601. The zero-order chi connectivity index (χ0) is 15.7. The molecule has 1 aromatic carbocycles. The van der Waals surface area contributed by atoms with Gasteiger partial charge in [0.2, 0.25) is 0 Å². The van der Waals surface area contributed by atoms with Crippen molar-refractivity contribution in [3.05, 3.63) is 39.7 Å². The largest absolute Gasteiger partial charge is 0.376 e. The van der Waals surface area contributed by atoms with E-state index in [-0.39, 0.29) is 23.4 Å². The quantitative estimate of drug-likeness (QED) is 0.635. The third kappa shape index (κ3) is 2.68. The van der Waals surface area contributed by atoms with E-state index in [0.29, 0.717) is 13.2 Å². The van der Waals surface area contributed by atoms with Crippen molar-refractivity contribution in [3.8, 4) is 0 Å². The summed E-state index contributed by atoms with van der Waals surface area (Å²) in [7, 11) is 0. The fourth-order valence-corrected chi connectivity index (χ4v) is 3.28. The molecule has 118 valence electrons. The summed E-state index contributed by atoms with van der Waals surface area (Å²) in [5, 5.41) is 10.6. The lowest BCUT2D eigenvalue weighted by Crippen LogP contribution is -2.42. The Balaban J connectivity index is 1.82. The number of benzene rings is 1. The van der Waals surface area contributed by atoms with Crippen LogP contribution in [0.4, 0.5) is 10.1 Å². The molecule has 6 nitrogen and oxygen atoms in total. The molecule has 2 saturated heterocycles. The minimum absolute atomic E-state index is 0.0209. The second-order valence-corrected chi connectivity index (χ2v) is 5.68. The Morgan fingerprint density at radius 3 is 2.82 bits per heavy atom. The van der Waals surface area contributed by atoms with Crippen LogP contribution in [0.3, 0.4) is 0 Å². The van der Waals surface area contributed by atoms with Gasteiger partial charge in [-0.15, -0.1) is 0 Å². The zero-order valence-corrected chi connectivity index (χ0v) is 12.0. The molecule has 7 heteroatoms. The molecule has 2 fully saturated rings. The van der Waals surface area contributed by atoms with E-state index in [1.165, 1.54) is 6.07 Å². The van der Waals surface area contributed by atoms with Crippen LogP contribution in [0.15, 0.2) is 18.2 Å². The topological polar surface area (TPSA) is 72.7 Å². The van der Waals surface area contributed by atoms with E-state index in [1.807, 2.05) is 0 Å². The third-order valence-electron chi connectivity index (χ3n) is 4.35. The Labute approximate surface area is 127 Å². The third-order valence-corrected chi connectivity index (χ3v) is 4.35. The van der Waals surface area contributed by atoms with E-state index in [2.05, 4.69) is 0 Å². The normalized spacial score (nSPS) is 24.7. The standard InChI is InChI=1S/C15H17FN2O4/c16-12-9-10(18(20)21)5-6-11(12)15(19)17-7-1-3-13(17)14-4-2-8-22-14/h5-6,9,13-14H,1-4,7-8H2/t13-,14-/m1/s1. The van der Waals surface area contributed by atoms with Crippen LogP contribution in [-0.2, 0) is 4.74 Å². The van der Waals surface area contributed by atoms with Gasteiger partial charge in [0.05, 0.1) is 28.7 Å². The van der Waals surface area contributed by atoms with Crippen molar-refractivity contribution in [2.75, 3.05) is 13.2 Å². The van der Waals surface area contributed by atoms with Crippen molar-refractivity contribution < 1.29 is 18.8 Å². The number of amides is 1. The number of hydrogen-bond donors (Lipinski definition) is 0. The minimum atomic E-state index is -0.850. The summed E-state index contributed by atoms with van der Waals surface area (Å²) in [4.78, 5) is 24.2. The summed E-state index contributed by atoms with van der Waals surface area (Å²) in [6.07, 6.45) is 3.63. The predicted molar refractivity (Wildman–Crippen MR) is 76.1 cm³/mol. The Morgan fingerprint density at radius 1 is 1.36 bits per heavy atom. The van der Waals surface area contributed by atoms with Gasteiger partial charge in [-0.1, -0.05) is 0 Å². The summed E-state index contributed by atoms with van der Waals surface area (Å²) >= 11 is 0. The molecule has 0 aromatic heterocycles. The molecular weight excluding hydrogens is 291 g/mol. The fourth-order valence-electron chi connectivity index (χ4n) is 3.28. The van der Waals surface area contributed by atoms with Crippen LogP contribution in [0.25, 0.3) is 0 Å². The maximum absolute atomic E-state index is 14.0. The van der Waals surface area contributed by atoms with Crippen LogP contribution in [0.1, 0.15) is 36.0 Å². The van der Waals surface area contributed by atoms with Gasteiger partial charge in [-0.05, 0) is 31.7 Å². The Hall–Kier alpha value is -2.02. The minimum Gasteiger partial charge on any atom is -0.376 e. The summed E-state index contributed by atoms with van der Waals surface area (Å²) in [6, 6.07) is 3.13. The van der Waals surface area contributed by atoms with Gasteiger partial charge in [-0.2, -0.15) is 0 Å². The first-order valence-corrected chi connectivity index (χ1v) is 7.44. The first kappa shape index (κ1) is 14.9. The summed E-state index contributed by atoms with van der Waals surface area (Å²) in [5.41, 5.74) is -0.471. The molecule has 1 aromatic rings. The average molecular weight is 308 g/mol. The lowest BCUT2D eigenvalue weighted by Gasteiger charge is -2.29. The molecule has 0 bridgehead atoms. The number of carbonyl (C=O) groups is 1. The second-order valence-electron chi connectivity index (χ2n) is 5.68. The molecule has 3 rings (SSSR count). The Kier molecular flexibility index (Phi) is 4.06. The SMILES string of the molecule is O=C(c1ccc([N+](=O)[O-])cc1F)N1CCC[C@@H]1[C@H]1CCCO1. The summed E-state index contributed by atoms with van der Waals surface area (Å²) in [6.45, 7) is 1.27. The van der Waals surface area contributed by atoms with E-state index in [0.717, 1.165) is 37.8 Å². The number of nitro groups is 1. The average Bonchev–Trinajstić information content (AvgIpc) is 3.16. The van der Waals surface area contributed by atoms with Gasteiger partial charge in [0.15, 0.2) is 0 Å². The monoisotopic (exact) mass is 308 g/mol. The number of halogens is 1. The molecule has 0 unspecified atom stereocenters. The molecule has 2 heterocycles. The smallest absolute Gasteiger partial charge is 0.272 e. The number of non-ortho nitro benzene ring substituents is 1. The molecule has 2 atom stereocenters. The van der Waals surface area contributed by atoms with Crippen molar-refractivity contribution in [1.82, 2.24) is 4.90 Å². The van der Waals surface area contributed by atoms with Crippen molar-refractivity contribution in [1.29, 1.82) is 0 Å². The van der Waals surface area contributed by atoms with Crippen molar-refractivity contribution in [3.63, 3.8) is 0 Å². The second kappa shape index (κ2) is 6.00. The van der Waals surface area contributed by atoms with Crippen LogP contribution in [0.2, 0.25) is 0 Å². The van der Waals surface area contributed by atoms with Gasteiger partial charge < -0.3 is 9.64 Å². The van der Waals surface area contributed by atoms with Gasteiger partial charge in [-0.3, -0.25) is 14.9 Å². The Morgan fingerprint density at radius 2 is 2.18 bits per heavy atom. The number of likely N-dealkylation sites (tertiary alicyclic amines) is 1. The summed E-state index contributed by atoms with van der Waals surface area (Å²) in [5.74, 6) is -1.26. The number of ether oxygens (including phenoxy) is 1. The fraction of sp³-hybridized carbons (Fsp3) is 0.533. The molecule has 0 aliphatic carbocycles. The molecule has 0 N–H and O–H groups in total. The molecule has 0 saturated carbocycles. The van der Waals surface area contributed by atoms with Gasteiger partial charge >= 0.3 is 0 Å². The molecule has 2 aliphatic rings. The zero-order valence-electron chi connectivity index (χ0n) is 12.0. The molecule has 0 radical (unpaired) electrons. The van der Waals surface area contributed by atoms with Crippen LogP contribution in [-0.4, -0.2) is 41.0 Å². The summed E-state index contributed by atoms with van der Waals surface area (Å²) < 4.78 is 19.7. The van der Waals surface area contributed by atoms with Crippen molar-refractivity contribution in [2.24, 2.45) is 0 Å². The van der Waals surface area contributed by atoms with Gasteiger partial charge in [-0.25, -0.2) is 4.39 Å². The van der Waals surface area contributed by atoms with E-state index in [9.17, 15) is 19.3 Å². The number of rotatable bonds is 3. The van der Waals surface area contributed by atoms with E-state index in [4.69, 9.17) is 4.74 Å². The van der Waals surface area contributed by atoms with E-state index < -0.39 is 16.6 Å². The first-order chi connectivity index (χ1) is 10.6. The molecule has 22 heavy (non-hydrogen) atoms. The van der Waals surface area contributed by atoms with Crippen molar-refractivity contribution >= 4 is 11.6 Å². The van der Waals surface area contributed by atoms with Crippen LogP contribution >= 0.6 is 0 Å². The first-order valence-electron chi connectivity index (χ1n) is 7.44. The highest BCUT2D eigenvalue weighted by Crippen LogP contribution is 2.30. The predicted octanol–water partition coefficient (Wildman–Crippen LogP) is 2.52. The van der Waals surface area contributed by atoms with Gasteiger partial charge in [0.25, 0.3) is 11.6 Å². The maximum atomic E-state index is 14.0. The van der Waals surface area contributed by atoms with E-state index >= 15 is 0 Å². The molecule has 2 aliphatic heterocycles. The van der Waals surface area contributed by atoms with Gasteiger partial charge in [0.1, 0.15) is 5.82 Å². The van der Waals surface area contributed by atoms with Crippen LogP contribution < -0.4 is 0 Å². The number of nitro benzene ring substituents is 1. The van der Waals surface area contributed by atoms with Crippen molar-refractivity contribution in [2.45, 2.75) is 37.8 Å². The molecule has 0 spiro atoms.